The van der Waals surface area contributed by atoms with E-state index in [1.165, 1.54) is 75.6 Å². The zero-order chi connectivity index (χ0) is 18.5. The number of likely N-dealkylation sites (tertiary alicyclic amines) is 1. The Labute approximate surface area is 164 Å². The number of nitrogens with zero attached hydrogens (tertiary/aromatic N) is 1. The Morgan fingerprint density at radius 1 is 1.00 bits per heavy atom. The molecule has 1 amide bonds. The number of fused-ring (bicyclic) bond motifs is 2. The molecule has 0 saturated carbocycles. The van der Waals surface area contributed by atoms with Crippen molar-refractivity contribution in [3.63, 3.8) is 0 Å². The zero-order valence-corrected chi connectivity index (χ0v) is 16.6. The predicted octanol–water partition coefficient (Wildman–Crippen LogP) is 3.60. The van der Waals surface area contributed by atoms with Gasteiger partial charge in [0.05, 0.1) is 0 Å². The number of hydrogen-bond acceptors (Lipinski definition) is 3. The van der Waals surface area contributed by atoms with Gasteiger partial charge in [0.25, 0.3) is 0 Å². The number of nitrogens with one attached hydrogen (secondary N) is 2. The highest BCUT2D eigenvalue weighted by atomic mass is 16.1. The average Bonchev–Trinajstić information content (AvgIpc) is 2.85. The Hall–Kier alpha value is -1.39. The first-order chi connectivity index (χ1) is 13.3. The van der Waals surface area contributed by atoms with Gasteiger partial charge in [0, 0.05) is 31.6 Å². The molecule has 4 nitrogen and oxygen atoms in total. The van der Waals surface area contributed by atoms with Crippen LogP contribution in [-0.4, -0.2) is 36.0 Å². The number of rotatable bonds is 6. The van der Waals surface area contributed by atoms with Gasteiger partial charge in [-0.1, -0.05) is 37.1 Å². The molecule has 0 spiro atoms. The van der Waals surface area contributed by atoms with Gasteiger partial charge < -0.3 is 10.6 Å². The molecule has 3 aliphatic rings. The molecule has 0 aliphatic carbocycles. The van der Waals surface area contributed by atoms with E-state index in [9.17, 15) is 4.79 Å². The van der Waals surface area contributed by atoms with Gasteiger partial charge in [0.15, 0.2) is 0 Å². The summed E-state index contributed by atoms with van der Waals surface area (Å²) >= 11 is 0. The minimum Gasteiger partial charge on any atom is -0.352 e. The third kappa shape index (κ3) is 5.32. The number of benzene rings is 1. The normalized spacial score (nSPS) is 28.7. The Morgan fingerprint density at radius 3 is 2.37 bits per heavy atom. The third-order valence-electron chi connectivity index (χ3n) is 6.73. The van der Waals surface area contributed by atoms with E-state index >= 15 is 0 Å². The third-order valence-corrected chi connectivity index (χ3v) is 6.73. The van der Waals surface area contributed by atoms with Crippen molar-refractivity contribution in [2.75, 3.05) is 13.1 Å². The first-order valence-corrected chi connectivity index (χ1v) is 11.1. The van der Waals surface area contributed by atoms with Crippen LogP contribution in [0.5, 0.6) is 0 Å². The summed E-state index contributed by atoms with van der Waals surface area (Å²) in [5.74, 6) is 0.793. The summed E-state index contributed by atoms with van der Waals surface area (Å²) in [7, 11) is 0. The molecule has 3 saturated heterocycles. The van der Waals surface area contributed by atoms with E-state index in [-0.39, 0.29) is 5.91 Å². The molecule has 2 N–H and O–H groups in total. The lowest BCUT2D eigenvalue weighted by Crippen LogP contribution is -2.39. The van der Waals surface area contributed by atoms with E-state index in [0.29, 0.717) is 31.0 Å². The fourth-order valence-corrected chi connectivity index (χ4v) is 5.29. The number of piperidine rings is 1. The summed E-state index contributed by atoms with van der Waals surface area (Å²) in [6, 6.07) is 9.96. The lowest BCUT2D eigenvalue weighted by Gasteiger charge is -2.28. The molecule has 0 aromatic heterocycles. The van der Waals surface area contributed by atoms with Crippen molar-refractivity contribution in [2.24, 2.45) is 5.92 Å². The molecule has 1 aromatic carbocycles. The van der Waals surface area contributed by atoms with E-state index in [1.807, 2.05) is 0 Å². The first kappa shape index (κ1) is 18.9. The lowest BCUT2D eigenvalue weighted by molar-refractivity contribution is -0.122. The quantitative estimate of drug-likeness (QED) is 0.805. The molecule has 2 unspecified atom stereocenters. The van der Waals surface area contributed by atoms with Crippen LogP contribution in [0.4, 0.5) is 0 Å². The highest BCUT2D eigenvalue weighted by Gasteiger charge is 2.34. The van der Waals surface area contributed by atoms with Gasteiger partial charge in [-0.25, -0.2) is 0 Å². The van der Waals surface area contributed by atoms with Crippen molar-refractivity contribution in [1.29, 1.82) is 0 Å². The molecule has 27 heavy (non-hydrogen) atoms. The van der Waals surface area contributed by atoms with E-state index in [2.05, 4.69) is 39.8 Å². The van der Waals surface area contributed by atoms with E-state index in [0.717, 1.165) is 6.54 Å². The predicted molar refractivity (Wildman–Crippen MR) is 109 cm³/mol. The monoisotopic (exact) mass is 369 g/mol. The van der Waals surface area contributed by atoms with Crippen LogP contribution < -0.4 is 10.6 Å². The second kappa shape index (κ2) is 9.20. The molecule has 3 heterocycles. The number of amides is 1. The average molecular weight is 370 g/mol. The minimum atomic E-state index is 0.228. The van der Waals surface area contributed by atoms with Gasteiger partial charge >= 0.3 is 0 Å². The van der Waals surface area contributed by atoms with E-state index < -0.39 is 0 Å². The SMILES string of the molecule is O=C(CC1CC2CCC(C1)N2)NCc1ccccc1CN1CCCCCC1. The topological polar surface area (TPSA) is 44.4 Å². The van der Waals surface area contributed by atoms with Gasteiger partial charge in [0.1, 0.15) is 0 Å². The van der Waals surface area contributed by atoms with Crippen LogP contribution in [0.3, 0.4) is 0 Å². The van der Waals surface area contributed by atoms with Gasteiger partial charge in [-0.15, -0.1) is 0 Å². The van der Waals surface area contributed by atoms with Gasteiger partial charge in [-0.2, -0.15) is 0 Å². The molecular formula is C23H35N3O. The van der Waals surface area contributed by atoms with Crippen LogP contribution in [0.2, 0.25) is 0 Å². The first-order valence-electron chi connectivity index (χ1n) is 11.1. The van der Waals surface area contributed by atoms with Crippen molar-refractivity contribution in [1.82, 2.24) is 15.5 Å². The second-order valence-corrected chi connectivity index (χ2v) is 8.92. The Bertz CT molecular complexity index is 612. The van der Waals surface area contributed by atoms with Gasteiger partial charge in [-0.3, -0.25) is 9.69 Å². The molecule has 4 heteroatoms. The summed E-state index contributed by atoms with van der Waals surface area (Å²) in [5, 5.41) is 6.87. The molecule has 2 bridgehead atoms. The molecular weight excluding hydrogens is 334 g/mol. The summed E-state index contributed by atoms with van der Waals surface area (Å²) in [5.41, 5.74) is 2.65. The van der Waals surface area contributed by atoms with Crippen LogP contribution in [0, 0.1) is 5.92 Å². The van der Waals surface area contributed by atoms with Crippen LogP contribution in [-0.2, 0) is 17.9 Å². The van der Waals surface area contributed by atoms with Crippen molar-refractivity contribution in [2.45, 2.75) is 83.0 Å². The van der Waals surface area contributed by atoms with Crippen molar-refractivity contribution < 1.29 is 4.79 Å². The second-order valence-electron chi connectivity index (χ2n) is 8.92. The zero-order valence-electron chi connectivity index (χ0n) is 16.6. The van der Waals surface area contributed by atoms with Crippen molar-refractivity contribution >= 4 is 5.91 Å². The molecule has 0 radical (unpaired) electrons. The van der Waals surface area contributed by atoms with Crippen LogP contribution in [0.1, 0.15) is 68.9 Å². The number of carbonyl (C=O) groups excluding carboxylic acids is 1. The van der Waals surface area contributed by atoms with Gasteiger partial charge in [0.2, 0.25) is 5.91 Å². The smallest absolute Gasteiger partial charge is 0.220 e. The van der Waals surface area contributed by atoms with Gasteiger partial charge in [-0.05, 0) is 68.7 Å². The maximum Gasteiger partial charge on any atom is 0.220 e. The van der Waals surface area contributed by atoms with Crippen LogP contribution in [0.15, 0.2) is 24.3 Å². The number of carbonyl (C=O) groups is 1. The molecule has 148 valence electrons. The largest absolute Gasteiger partial charge is 0.352 e. The van der Waals surface area contributed by atoms with Crippen molar-refractivity contribution in [3.8, 4) is 0 Å². The highest BCUT2D eigenvalue weighted by Crippen LogP contribution is 2.32. The maximum absolute atomic E-state index is 12.5. The number of hydrogen-bond donors (Lipinski definition) is 2. The van der Waals surface area contributed by atoms with Crippen molar-refractivity contribution in [3.05, 3.63) is 35.4 Å². The summed E-state index contributed by atoms with van der Waals surface area (Å²) in [6.07, 6.45) is 11.0. The molecule has 2 atom stereocenters. The fourth-order valence-electron chi connectivity index (χ4n) is 5.29. The Kier molecular flexibility index (Phi) is 6.46. The molecule has 3 fully saturated rings. The van der Waals surface area contributed by atoms with E-state index in [4.69, 9.17) is 0 Å². The molecule has 4 rings (SSSR count). The fraction of sp³-hybridized carbons (Fsp3) is 0.696. The Balaban J connectivity index is 1.28. The van der Waals surface area contributed by atoms with Crippen LogP contribution >= 0.6 is 0 Å². The maximum atomic E-state index is 12.5. The lowest BCUT2D eigenvalue weighted by atomic mass is 9.89. The Morgan fingerprint density at radius 2 is 1.67 bits per heavy atom. The molecule has 3 aliphatic heterocycles. The molecule has 1 aromatic rings. The van der Waals surface area contributed by atoms with Crippen LogP contribution in [0.25, 0.3) is 0 Å². The summed E-state index contributed by atoms with van der Waals surface area (Å²) < 4.78 is 0. The standard InChI is InChI=1S/C23H35N3O/c27-23(15-18-13-21-9-10-22(14-18)25-21)24-16-19-7-3-4-8-20(19)17-26-11-5-1-2-6-12-26/h3-4,7-8,18,21-22,25H,1-2,5-6,9-17H2,(H,24,27). The summed E-state index contributed by atoms with van der Waals surface area (Å²) in [6.45, 7) is 4.10. The highest BCUT2D eigenvalue weighted by molar-refractivity contribution is 5.76. The summed E-state index contributed by atoms with van der Waals surface area (Å²) in [4.78, 5) is 15.1. The van der Waals surface area contributed by atoms with E-state index in [1.54, 1.807) is 0 Å². The minimum absolute atomic E-state index is 0.228.